The fourth-order valence-electron chi connectivity index (χ4n) is 5.69. The zero-order valence-electron chi connectivity index (χ0n) is 26.1. The molecule has 4 aromatic carbocycles. The first kappa shape index (κ1) is 28.9. The lowest BCUT2D eigenvalue weighted by molar-refractivity contribution is 0.446. The number of phenols is 1. The Hall–Kier alpha value is -5.21. The van der Waals surface area contributed by atoms with Gasteiger partial charge in [-0.2, -0.15) is 5.26 Å². The molecule has 6 aromatic rings. The number of phenolic OH excluding ortho intramolecular Hbond substituents is 1. The Morgan fingerprint density at radius 3 is 2.11 bits per heavy atom. The number of hydrogen-bond acceptors (Lipinski definition) is 4. The van der Waals surface area contributed by atoms with E-state index in [9.17, 15) is 10.4 Å². The molecule has 44 heavy (non-hydrogen) atoms. The SMILES string of the molecule is CC(C)(C)c1cc(-c2nc3c(-c4cc(C#N)cc(-c5ccccn5)c4)cccc3n2-c2ccccc2)c(O)c(C(C)(C)C)c1. The van der Waals surface area contributed by atoms with E-state index in [1.807, 2.05) is 60.7 Å². The van der Waals surface area contributed by atoms with Crippen LogP contribution < -0.4 is 0 Å². The van der Waals surface area contributed by atoms with Crippen LogP contribution in [-0.2, 0) is 10.8 Å². The summed E-state index contributed by atoms with van der Waals surface area (Å²) in [5.41, 5.74) is 8.90. The van der Waals surface area contributed by atoms with Crippen LogP contribution in [0.5, 0.6) is 5.75 Å². The zero-order chi connectivity index (χ0) is 31.2. The molecule has 0 amide bonds. The van der Waals surface area contributed by atoms with Crippen LogP contribution in [0.4, 0.5) is 0 Å². The molecule has 6 rings (SSSR count). The summed E-state index contributed by atoms with van der Waals surface area (Å²) in [6.45, 7) is 12.9. The first-order chi connectivity index (χ1) is 21.0. The monoisotopic (exact) mass is 576 g/mol. The number of nitrogens with zero attached hydrogens (tertiary/aromatic N) is 4. The van der Waals surface area contributed by atoms with E-state index in [4.69, 9.17) is 4.98 Å². The van der Waals surface area contributed by atoms with Gasteiger partial charge in [0.25, 0.3) is 0 Å². The van der Waals surface area contributed by atoms with Gasteiger partial charge in [0, 0.05) is 28.6 Å². The van der Waals surface area contributed by atoms with Crippen molar-refractivity contribution in [2.24, 2.45) is 0 Å². The van der Waals surface area contributed by atoms with Gasteiger partial charge >= 0.3 is 0 Å². The molecule has 0 saturated carbocycles. The van der Waals surface area contributed by atoms with Gasteiger partial charge in [0.15, 0.2) is 0 Å². The van der Waals surface area contributed by atoms with Crippen molar-refractivity contribution in [1.82, 2.24) is 14.5 Å². The minimum atomic E-state index is -0.283. The van der Waals surface area contributed by atoms with Gasteiger partial charge in [-0.3, -0.25) is 9.55 Å². The van der Waals surface area contributed by atoms with Crippen LogP contribution in [-0.4, -0.2) is 19.6 Å². The number of imidazole rings is 1. The molecular formula is C39H36N4O. The van der Waals surface area contributed by atoms with Crippen molar-refractivity contribution in [2.45, 2.75) is 52.4 Å². The Balaban J connectivity index is 1.69. The average molecular weight is 577 g/mol. The Kier molecular flexibility index (Phi) is 7.10. The molecule has 0 aliphatic carbocycles. The molecule has 0 radical (unpaired) electrons. The number of hydrogen-bond donors (Lipinski definition) is 1. The quantitative estimate of drug-likeness (QED) is 0.227. The molecule has 0 aliphatic rings. The Bertz CT molecular complexity index is 2040. The standard InChI is InChI=1S/C39H36N4O/c1-38(2,3)28-22-31(36(44)32(23-28)39(4,5)6)37-42-35-30(15-12-17-34(35)43(37)29-13-8-7-9-14-29)26-19-25(24-40)20-27(21-26)33-16-10-11-18-41-33/h7-23,44H,1-6H3. The first-order valence-electron chi connectivity index (χ1n) is 14.9. The van der Waals surface area contributed by atoms with Crippen molar-refractivity contribution in [3.8, 4) is 51.3 Å². The van der Waals surface area contributed by atoms with Crippen molar-refractivity contribution < 1.29 is 5.11 Å². The summed E-state index contributed by atoms with van der Waals surface area (Å²) >= 11 is 0. The molecule has 0 saturated heterocycles. The molecule has 0 atom stereocenters. The predicted octanol–water partition coefficient (Wildman–Crippen LogP) is 9.59. The van der Waals surface area contributed by atoms with Crippen LogP contribution in [0.3, 0.4) is 0 Å². The Labute approximate surface area is 259 Å². The van der Waals surface area contributed by atoms with E-state index < -0.39 is 0 Å². The maximum absolute atomic E-state index is 11.9. The fourth-order valence-corrected chi connectivity index (χ4v) is 5.69. The van der Waals surface area contributed by atoms with Crippen LogP contribution in [0.2, 0.25) is 0 Å². The molecule has 218 valence electrons. The largest absolute Gasteiger partial charge is 0.507 e. The van der Waals surface area contributed by atoms with E-state index in [1.165, 1.54) is 0 Å². The summed E-state index contributed by atoms with van der Waals surface area (Å²) in [6.07, 6.45) is 1.76. The summed E-state index contributed by atoms with van der Waals surface area (Å²) in [5.74, 6) is 0.901. The number of nitriles is 1. The highest BCUT2D eigenvalue weighted by Gasteiger charge is 2.28. The van der Waals surface area contributed by atoms with Crippen LogP contribution in [0.25, 0.3) is 50.5 Å². The van der Waals surface area contributed by atoms with E-state index in [1.54, 1.807) is 6.20 Å². The Morgan fingerprint density at radius 1 is 0.727 bits per heavy atom. The molecule has 0 unspecified atom stereocenters. The van der Waals surface area contributed by atoms with Crippen molar-refractivity contribution in [2.75, 3.05) is 0 Å². The minimum absolute atomic E-state index is 0.142. The lowest BCUT2D eigenvalue weighted by atomic mass is 9.79. The van der Waals surface area contributed by atoms with Gasteiger partial charge in [0.1, 0.15) is 11.6 Å². The molecule has 0 aliphatic heterocycles. The maximum atomic E-state index is 11.9. The lowest BCUT2D eigenvalue weighted by Crippen LogP contribution is -2.17. The van der Waals surface area contributed by atoms with Crippen molar-refractivity contribution in [3.05, 3.63) is 120 Å². The second-order valence-electron chi connectivity index (χ2n) is 13.3. The van der Waals surface area contributed by atoms with Gasteiger partial charge in [-0.05, 0) is 76.6 Å². The normalized spacial score (nSPS) is 11.9. The number of pyridine rings is 1. The molecule has 1 N–H and O–H groups in total. The smallest absolute Gasteiger partial charge is 0.149 e. The molecule has 2 aromatic heterocycles. The van der Waals surface area contributed by atoms with E-state index in [2.05, 4.69) is 93.6 Å². The summed E-state index contributed by atoms with van der Waals surface area (Å²) in [4.78, 5) is 9.83. The third-order valence-corrected chi connectivity index (χ3v) is 8.06. The van der Waals surface area contributed by atoms with Gasteiger partial charge in [-0.15, -0.1) is 0 Å². The van der Waals surface area contributed by atoms with E-state index >= 15 is 0 Å². The van der Waals surface area contributed by atoms with E-state index in [-0.39, 0.29) is 16.6 Å². The fraction of sp³-hybridized carbons (Fsp3) is 0.205. The summed E-state index contributed by atoms with van der Waals surface area (Å²) in [5, 5.41) is 21.8. The molecule has 5 heteroatoms. The van der Waals surface area contributed by atoms with Crippen molar-refractivity contribution in [3.63, 3.8) is 0 Å². The van der Waals surface area contributed by atoms with Gasteiger partial charge in [-0.1, -0.05) is 84.0 Å². The van der Waals surface area contributed by atoms with Crippen LogP contribution in [0.15, 0.2) is 103 Å². The Morgan fingerprint density at radius 2 is 1.45 bits per heavy atom. The van der Waals surface area contributed by atoms with E-state index in [0.717, 1.165) is 50.2 Å². The van der Waals surface area contributed by atoms with Crippen LogP contribution >= 0.6 is 0 Å². The summed E-state index contributed by atoms with van der Waals surface area (Å²) in [6, 6.07) is 34.4. The highest BCUT2D eigenvalue weighted by Crippen LogP contribution is 2.44. The zero-order valence-corrected chi connectivity index (χ0v) is 26.1. The van der Waals surface area contributed by atoms with Crippen molar-refractivity contribution in [1.29, 1.82) is 5.26 Å². The first-order valence-corrected chi connectivity index (χ1v) is 14.9. The molecule has 0 fully saturated rings. The topological polar surface area (TPSA) is 74.7 Å². The summed E-state index contributed by atoms with van der Waals surface area (Å²) < 4.78 is 2.13. The maximum Gasteiger partial charge on any atom is 0.149 e. The van der Waals surface area contributed by atoms with Gasteiger partial charge in [-0.25, -0.2) is 4.98 Å². The summed E-state index contributed by atoms with van der Waals surface area (Å²) in [7, 11) is 0. The predicted molar refractivity (Wildman–Crippen MR) is 179 cm³/mol. The number of rotatable bonds is 4. The third-order valence-electron chi connectivity index (χ3n) is 8.06. The van der Waals surface area contributed by atoms with Crippen LogP contribution in [0, 0.1) is 11.3 Å². The van der Waals surface area contributed by atoms with Gasteiger partial charge < -0.3 is 5.11 Å². The molecule has 0 spiro atoms. The minimum Gasteiger partial charge on any atom is -0.507 e. The molecule has 2 heterocycles. The number of para-hydroxylation sites is 2. The highest BCUT2D eigenvalue weighted by atomic mass is 16.3. The number of fused-ring (bicyclic) bond motifs is 1. The second-order valence-corrected chi connectivity index (χ2v) is 13.3. The molecule has 0 bridgehead atoms. The highest BCUT2D eigenvalue weighted by molar-refractivity contribution is 5.97. The van der Waals surface area contributed by atoms with E-state index in [0.29, 0.717) is 17.0 Å². The number of aromatic nitrogens is 3. The average Bonchev–Trinajstić information content (AvgIpc) is 3.40. The third kappa shape index (κ3) is 5.24. The molecule has 5 nitrogen and oxygen atoms in total. The lowest BCUT2D eigenvalue weighted by Gasteiger charge is -2.27. The second kappa shape index (κ2) is 10.8. The number of aromatic hydroxyl groups is 1. The van der Waals surface area contributed by atoms with Gasteiger partial charge in [0.05, 0.1) is 33.9 Å². The van der Waals surface area contributed by atoms with Gasteiger partial charge in [0.2, 0.25) is 0 Å². The number of benzene rings is 4. The molecular weight excluding hydrogens is 540 g/mol. The van der Waals surface area contributed by atoms with Crippen LogP contribution in [0.1, 0.15) is 58.2 Å². The van der Waals surface area contributed by atoms with Crippen molar-refractivity contribution >= 4 is 11.0 Å².